The van der Waals surface area contributed by atoms with Gasteiger partial charge in [-0.05, 0) is 17.5 Å². The summed E-state index contributed by atoms with van der Waals surface area (Å²) in [6.07, 6.45) is 0. The molecule has 2 N–H and O–H groups in total. The van der Waals surface area contributed by atoms with Gasteiger partial charge in [-0.1, -0.05) is 24.3 Å². The van der Waals surface area contributed by atoms with E-state index < -0.39 is 0 Å². The van der Waals surface area contributed by atoms with Crippen molar-refractivity contribution in [1.29, 1.82) is 0 Å². The molecule has 2 aromatic carbocycles. The second-order valence-electron chi connectivity index (χ2n) is 3.41. The molecule has 0 amide bonds. The Balaban J connectivity index is 2.41. The average Bonchev–Trinajstić information content (AvgIpc) is 2.29. The maximum atomic E-state index is 8.73. The fourth-order valence-electron chi connectivity index (χ4n) is 1.89. The molecule has 0 saturated carbocycles. The molecule has 0 spiro atoms. The maximum absolute atomic E-state index is 8.73. The lowest BCUT2D eigenvalue weighted by Crippen LogP contribution is -2.26. The van der Waals surface area contributed by atoms with Crippen LogP contribution in [0.25, 0.3) is 16.3 Å². The Kier molecular flexibility index (Phi) is 1.52. The monoisotopic (exact) mass is 196 g/mol. The van der Waals surface area contributed by atoms with E-state index in [1.54, 1.807) is 0 Å². The van der Waals surface area contributed by atoms with Crippen molar-refractivity contribution in [3.05, 3.63) is 41.9 Å². The molecule has 0 saturated heterocycles. The van der Waals surface area contributed by atoms with E-state index >= 15 is 0 Å². The lowest BCUT2D eigenvalue weighted by Gasteiger charge is -2.14. The summed E-state index contributed by atoms with van der Waals surface area (Å²) < 4.78 is 0. The lowest BCUT2D eigenvalue weighted by atomic mass is 10.1. The van der Waals surface area contributed by atoms with Crippen molar-refractivity contribution in [2.45, 2.75) is 0 Å². The maximum Gasteiger partial charge on any atom is 0.433 e. The second-order valence-corrected chi connectivity index (χ2v) is 3.41. The molecule has 1 aliphatic rings. The first kappa shape index (κ1) is 8.03. The van der Waals surface area contributed by atoms with E-state index in [0.717, 1.165) is 22.1 Å². The van der Waals surface area contributed by atoms with Gasteiger partial charge in [-0.25, -0.2) is 10.6 Å². The molecule has 0 radical (unpaired) electrons. The summed E-state index contributed by atoms with van der Waals surface area (Å²) in [5.74, 6) is 0.348. The topological polar surface area (TPSA) is 60.5 Å². The van der Waals surface area contributed by atoms with E-state index in [9.17, 15) is 0 Å². The smallest absolute Gasteiger partial charge is 0.433 e. The molecular formula is C11H8N4. The van der Waals surface area contributed by atoms with E-state index in [2.05, 4.69) is 15.4 Å². The minimum Gasteiger partial charge on any atom is -0.543 e. The molecule has 3 rings (SSSR count). The van der Waals surface area contributed by atoms with Crippen molar-refractivity contribution in [2.75, 3.05) is 10.6 Å². The standard InChI is InChI=1S/C11H8N4/c12-15-11-13-8-5-1-3-7-4-2-6-9(14-11)10(7)8/h1-6,13-14H. The zero-order valence-corrected chi connectivity index (χ0v) is 7.86. The van der Waals surface area contributed by atoms with Gasteiger partial charge in [0.2, 0.25) is 0 Å². The van der Waals surface area contributed by atoms with Crippen LogP contribution in [0.15, 0.2) is 36.4 Å². The van der Waals surface area contributed by atoms with Gasteiger partial charge in [0.15, 0.2) is 0 Å². The summed E-state index contributed by atoms with van der Waals surface area (Å²) in [4.78, 5) is 3.13. The highest BCUT2D eigenvalue weighted by molar-refractivity contribution is 6.17. The van der Waals surface area contributed by atoms with Crippen molar-refractivity contribution in [1.82, 2.24) is 0 Å². The minimum atomic E-state index is 0.348. The van der Waals surface area contributed by atoms with Crippen LogP contribution in [0, 0.1) is 0 Å². The highest BCUT2D eigenvalue weighted by Crippen LogP contribution is 2.32. The highest BCUT2D eigenvalue weighted by Gasteiger charge is 2.20. The Labute approximate surface area is 86.2 Å². The number of nitrogens with zero attached hydrogens (tertiary/aromatic N) is 2. The van der Waals surface area contributed by atoms with Gasteiger partial charge in [0, 0.05) is 0 Å². The predicted molar refractivity (Wildman–Crippen MR) is 59.8 cm³/mol. The van der Waals surface area contributed by atoms with Gasteiger partial charge in [-0.3, -0.25) is 0 Å². The van der Waals surface area contributed by atoms with E-state index in [1.807, 2.05) is 36.4 Å². The van der Waals surface area contributed by atoms with Crippen molar-refractivity contribution >= 4 is 28.1 Å². The largest absolute Gasteiger partial charge is 0.543 e. The van der Waals surface area contributed by atoms with Crippen molar-refractivity contribution in [3.63, 3.8) is 0 Å². The Morgan fingerprint density at radius 1 is 0.933 bits per heavy atom. The molecule has 15 heavy (non-hydrogen) atoms. The van der Waals surface area contributed by atoms with Gasteiger partial charge in [0.25, 0.3) is 0 Å². The van der Waals surface area contributed by atoms with Gasteiger partial charge in [0.1, 0.15) is 11.4 Å². The first-order chi connectivity index (χ1) is 7.38. The third-order valence-corrected chi connectivity index (χ3v) is 2.51. The van der Waals surface area contributed by atoms with Crippen LogP contribution >= 0.6 is 0 Å². The quantitative estimate of drug-likeness (QED) is 0.501. The van der Waals surface area contributed by atoms with E-state index in [0.29, 0.717) is 5.96 Å². The van der Waals surface area contributed by atoms with Crippen LogP contribution in [0.4, 0.5) is 11.4 Å². The van der Waals surface area contributed by atoms with Crippen LogP contribution in [0.1, 0.15) is 0 Å². The second kappa shape index (κ2) is 2.83. The average molecular weight is 196 g/mol. The summed E-state index contributed by atoms with van der Waals surface area (Å²) in [5, 5.41) is 8.27. The molecule has 0 aliphatic carbocycles. The summed E-state index contributed by atoms with van der Waals surface area (Å²) in [5.41, 5.74) is 10.6. The Bertz CT molecular complexity index is 554. The van der Waals surface area contributed by atoms with Gasteiger partial charge in [0.05, 0.1) is 5.39 Å². The van der Waals surface area contributed by atoms with Gasteiger partial charge < -0.3 is 10.3 Å². The van der Waals surface area contributed by atoms with Crippen molar-refractivity contribution in [3.8, 4) is 0 Å². The predicted octanol–water partition coefficient (Wildman–Crippen LogP) is 2.26. The normalized spacial score (nSPS) is 12.9. The van der Waals surface area contributed by atoms with Crippen LogP contribution in [-0.2, 0) is 0 Å². The van der Waals surface area contributed by atoms with Gasteiger partial charge >= 0.3 is 5.96 Å². The summed E-state index contributed by atoms with van der Waals surface area (Å²) in [6.45, 7) is 0. The molecule has 2 aromatic rings. The molecule has 0 fully saturated rings. The first-order valence-electron chi connectivity index (χ1n) is 4.66. The molecule has 0 atom stereocenters. The number of nitrogens with one attached hydrogen (secondary N) is 2. The number of anilines is 2. The van der Waals surface area contributed by atoms with Crippen LogP contribution in [-0.4, -0.2) is 10.7 Å². The number of guanidine groups is 1. The van der Waals surface area contributed by atoms with Crippen molar-refractivity contribution < 1.29 is 4.79 Å². The number of hydrogen-bond donors (Lipinski definition) is 2. The molecule has 4 nitrogen and oxygen atoms in total. The van der Waals surface area contributed by atoms with Gasteiger partial charge in [-0.2, -0.15) is 0 Å². The van der Waals surface area contributed by atoms with Crippen LogP contribution in [0.5, 0.6) is 0 Å². The zero-order valence-electron chi connectivity index (χ0n) is 7.86. The number of hydrogen-bond acceptors (Lipinski definition) is 0. The lowest BCUT2D eigenvalue weighted by molar-refractivity contribution is -0.00490. The molecule has 72 valence electrons. The van der Waals surface area contributed by atoms with Crippen molar-refractivity contribution in [2.24, 2.45) is 0 Å². The molecule has 0 unspecified atom stereocenters. The first-order valence-corrected chi connectivity index (χ1v) is 4.66. The molecule has 0 aromatic heterocycles. The fourth-order valence-corrected chi connectivity index (χ4v) is 1.89. The van der Waals surface area contributed by atoms with E-state index in [1.165, 1.54) is 0 Å². The number of rotatable bonds is 0. The summed E-state index contributed by atoms with van der Waals surface area (Å²) >= 11 is 0. The summed E-state index contributed by atoms with van der Waals surface area (Å²) in [6, 6.07) is 11.9. The molecule has 0 bridgehead atoms. The van der Waals surface area contributed by atoms with Crippen LogP contribution in [0.2, 0.25) is 0 Å². The fraction of sp³-hybridized carbons (Fsp3) is 0. The Hall–Kier alpha value is -2.32. The highest BCUT2D eigenvalue weighted by atomic mass is 15.2. The Morgan fingerprint density at radius 3 is 2.07 bits per heavy atom. The Morgan fingerprint density at radius 2 is 1.53 bits per heavy atom. The molecular weight excluding hydrogens is 188 g/mol. The van der Waals surface area contributed by atoms with Crippen LogP contribution < -0.4 is 10.6 Å². The third kappa shape index (κ3) is 1.09. The number of benzene rings is 2. The third-order valence-electron chi connectivity index (χ3n) is 2.51. The summed E-state index contributed by atoms with van der Waals surface area (Å²) in [7, 11) is 0. The van der Waals surface area contributed by atoms with Gasteiger partial charge in [-0.15, -0.1) is 0 Å². The molecule has 1 aliphatic heterocycles. The zero-order chi connectivity index (χ0) is 10.3. The SMILES string of the molecule is [N-]=[N+]=C1Nc2cccc3cccc(c23)N1. The van der Waals surface area contributed by atoms with E-state index in [-0.39, 0.29) is 0 Å². The van der Waals surface area contributed by atoms with E-state index in [4.69, 9.17) is 5.53 Å². The minimum absolute atomic E-state index is 0.348. The molecule has 4 heteroatoms. The molecule has 1 heterocycles. The van der Waals surface area contributed by atoms with Crippen LogP contribution in [0.3, 0.4) is 0 Å².